The van der Waals surface area contributed by atoms with E-state index in [1.54, 1.807) is 0 Å². The van der Waals surface area contributed by atoms with Gasteiger partial charge in [0, 0.05) is 19.1 Å². The zero-order valence-corrected chi connectivity index (χ0v) is 10.9. The Kier molecular flexibility index (Phi) is 10.3. The smallest absolute Gasteiger partial charge is 0.0594 e. The Hall–Kier alpha value is -0.120. The third kappa shape index (κ3) is 7.77. The molecule has 0 amide bonds. The summed E-state index contributed by atoms with van der Waals surface area (Å²) in [5, 5.41) is 3.26. The number of ether oxygens (including phenoxy) is 1. The summed E-state index contributed by atoms with van der Waals surface area (Å²) in [6, 6.07) is 0.654. The number of rotatable bonds is 5. The highest BCUT2D eigenvalue weighted by atomic mass is 16.5. The van der Waals surface area contributed by atoms with Gasteiger partial charge in [-0.1, -0.05) is 13.8 Å². The Morgan fingerprint density at radius 3 is 2.40 bits per heavy atom. The first-order valence-corrected chi connectivity index (χ1v) is 6.30. The van der Waals surface area contributed by atoms with Gasteiger partial charge >= 0.3 is 0 Å². The molecule has 0 aromatic heterocycles. The second-order valence-corrected chi connectivity index (χ2v) is 3.79. The van der Waals surface area contributed by atoms with Crippen LogP contribution in [0.1, 0.15) is 33.6 Å². The minimum absolute atomic E-state index is 0.654. The molecule has 1 aliphatic heterocycles. The summed E-state index contributed by atoms with van der Waals surface area (Å²) in [6.07, 6.45) is 2.57. The molecule has 0 bridgehead atoms. The molecule has 1 fully saturated rings. The molecule has 1 unspecified atom stereocenters. The quantitative estimate of drug-likeness (QED) is 0.757. The largest absolute Gasteiger partial charge is 0.379 e. The molecule has 1 atom stereocenters. The van der Waals surface area contributed by atoms with Crippen LogP contribution in [0.5, 0.6) is 0 Å². The standard InChI is InChI=1S/C10H22N2O.C2H6/c1-10(11-2)4-3-5-12-6-8-13-9-7-12;1-2/h10-11H,3-9H2,1-2H3;1-2H3. The minimum Gasteiger partial charge on any atom is -0.379 e. The maximum atomic E-state index is 5.29. The summed E-state index contributed by atoms with van der Waals surface area (Å²) in [7, 11) is 2.03. The number of hydrogen-bond donors (Lipinski definition) is 1. The van der Waals surface area contributed by atoms with Gasteiger partial charge in [-0.3, -0.25) is 4.90 Å². The Labute approximate surface area is 95.2 Å². The highest BCUT2D eigenvalue weighted by Gasteiger charge is 2.09. The van der Waals surface area contributed by atoms with Crippen LogP contribution in [0.4, 0.5) is 0 Å². The lowest BCUT2D eigenvalue weighted by atomic mass is 10.2. The topological polar surface area (TPSA) is 24.5 Å². The van der Waals surface area contributed by atoms with Crippen molar-refractivity contribution in [3.8, 4) is 0 Å². The van der Waals surface area contributed by atoms with Crippen molar-refractivity contribution in [1.82, 2.24) is 10.2 Å². The predicted molar refractivity (Wildman–Crippen MR) is 66.4 cm³/mol. The van der Waals surface area contributed by atoms with Crippen molar-refractivity contribution < 1.29 is 4.74 Å². The first kappa shape index (κ1) is 14.9. The van der Waals surface area contributed by atoms with Crippen molar-refractivity contribution in [3.05, 3.63) is 0 Å². The van der Waals surface area contributed by atoms with Crippen molar-refractivity contribution in [2.45, 2.75) is 39.7 Å². The van der Waals surface area contributed by atoms with E-state index in [-0.39, 0.29) is 0 Å². The molecule has 1 rings (SSSR count). The Morgan fingerprint density at radius 1 is 1.27 bits per heavy atom. The first-order chi connectivity index (χ1) is 7.33. The molecular weight excluding hydrogens is 188 g/mol. The first-order valence-electron chi connectivity index (χ1n) is 6.30. The highest BCUT2D eigenvalue weighted by molar-refractivity contribution is 4.64. The van der Waals surface area contributed by atoms with Gasteiger partial charge < -0.3 is 10.1 Å². The van der Waals surface area contributed by atoms with Gasteiger partial charge in [0.1, 0.15) is 0 Å². The third-order valence-electron chi connectivity index (χ3n) is 2.71. The fraction of sp³-hybridized carbons (Fsp3) is 1.00. The van der Waals surface area contributed by atoms with E-state index in [1.807, 2.05) is 20.9 Å². The van der Waals surface area contributed by atoms with Gasteiger partial charge in [-0.2, -0.15) is 0 Å². The number of morpholine rings is 1. The van der Waals surface area contributed by atoms with Crippen molar-refractivity contribution in [3.63, 3.8) is 0 Å². The third-order valence-corrected chi connectivity index (χ3v) is 2.71. The second-order valence-electron chi connectivity index (χ2n) is 3.79. The average molecular weight is 216 g/mol. The molecule has 15 heavy (non-hydrogen) atoms. The summed E-state index contributed by atoms with van der Waals surface area (Å²) < 4.78 is 5.29. The second kappa shape index (κ2) is 10.4. The highest BCUT2D eigenvalue weighted by Crippen LogP contribution is 2.01. The molecule has 0 aromatic carbocycles. The summed E-state index contributed by atoms with van der Waals surface area (Å²) in [5.41, 5.74) is 0. The van der Waals surface area contributed by atoms with E-state index in [2.05, 4.69) is 17.1 Å². The van der Waals surface area contributed by atoms with Crippen molar-refractivity contribution in [2.24, 2.45) is 0 Å². The molecule has 3 heteroatoms. The summed E-state index contributed by atoms with van der Waals surface area (Å²) >= 11 is 0. The fourth-order valence-electron chi connectivity index (χ4n) is 1.59. The van der Waals surface area contributed by atoms with Crippen LogP contribution in [0.25, 0.3) is 0 Å². The molecule has 1 aliphatic rings. The Bertz CT molecular complexity index is 125. The van der Waals surface area contributed by atoms with Crippen LogP contribution >= 0.6 is 0 Å². The fourth-order valence-corrected chi connectivity index (χ4v) is 1.59. The van der Waals surface area contributed by atoms with E-state index in [9.17, 15) is 0 Å². The van der Waals surface area contributed by atoms with Gasteiger partial charge in [0.15, 0.2) is 0 Å². The molecule has 1 heterocycles. The average Bonchev–Trinajstić information content (AvgIpc) is 2.33. The molecule has 3 nitrogen and oxygen atoms in total. The molecule has 92 valence electrons. The van der Waals surface area contributed by atoms with Gasteiger partial charge in [-0.25, -0.2) is 0 Å². The molecular formula is C12H28N2O. The molecule has 0 spiro atoms. The zero-order valence-electron chi connectivity index (χ0n) is 10.9. The van der Waals surface area contributed by atoms with E-state index < -0.39 is 0 Å². The van der Waals surface area contributed by atoms with E-state index in [4.69, 9.17) is 4.74 Å². The molecule has 1 N–H and O–H groups in total. The summed E-state index contributed by atoms with van der Waals surface area (Å²) in [6.45, 7) is 11.5. The maximum absolute atomic E-state index is 5.29. The van der Waals surface area contributed by atoms with Crippen LogP contribution in [0.2, 0.25) is 0 Å². The van der Waals surface area contributed by atoms with Crippen molar-refractivity contribution in [1.29, 1.82) is 0 Å². The van der Waals surface area contributed by atoms with E-state index in [0.29, 0.717) is 6.04 Å². The van der Waals surface area contributed by atoms with Crippen molar-refractivity contribution in [2.75, 3.05) is 39.9 Å². The number of nitrogens with one attached hydrogen (secondary N) is 1. The monoisotopic (exact) mass is 216 g/mol. The summed E-state index contributed by atoms with van der Waals surface area (Å²) in [5.74, 6) is 0. The predicted octanol–water partition coefficient (Wildman–Crippen LogP) is 1.73. The molecule has 0 aromatic rings. The Balaban J connectivity index is 0.000000921. The van der Waals surface area contributed by atoms with Crippen LogP contribution in [0, 0.1) is 0 Å². The van der Waals surface area contributed by atoms with E-state index in [0.717, 1.165) is 26.3 Å². The number of nitrogens with zero attached hydrogens (tertiary/aromatic N) is 1. The molecule has 0 aliphatic carbocycles. The van der Waals surface area contributed by atoms with E-state index >= 15 is 0 Å². The van der Waals surface area contributed by atoms with Gasteiger partial charge in [0.25, 0.3) is 0 Å². The SMILES string of the molecule is CC.CNC(C)CCCN1CCOCC1. The van der Waals surface area contributed by atoms with Crippen molar-refractivity contribution >= 4 is 0 Å². The van der Waals surface area contributed by atoms with Gasteiger partial charge in [-0.05, 0) is 33.4 Å². The van der Waals surface area contributed by atoms with Gasteiger partial charge in [0.05, 0.1) is 13.2 Å². The molecule has 0 saturated carbocycles. The maximum Gasteiger partial charge on any atom is 0.0594 e. The molecule has 1 saturated heterocycles. The lowest BCUT2D eigenvalue weighted by Crippen LogP contribution is -2.37. The van der Waals surface area contributed by atoms with Crippen LogP contribution in [0.3, 0.4) is 0 Å². The zero-order chi connectivity index (χ0) is 11.5. The lowest BCUT2D eigenvalue weighted by Gasteiger charge is -2.26. The summed E-state index contributed by atoms with van der Waals surface area (Å²) in [4.78, 5) is 2.49. The van der Waals surface area contributed by atoms with Gasteiger partial charge in [0.2, 0.25) is 0 Å². The van der Waals surface area contributed by atoms with E-state index in [1.165, 1.54) is 19.4 Å². The lowest BCUT2D eigenvalue weighted by molar-refractivity contribution is 0.0369. The number of hydrogen-bond acceptors (Lipinski definition) is 3. The van der Waals surface area contributed by atoms with Crippen LogP contribution in [-0.2, 0) is 4.74 Å². The van der Waals surface area contributed by atoms with Crippen LogP contribution in [0.15, 0.2) is 0 Å². The molecule has 0 radical (unpaired) electrons. The van der Waals surface area contributed by atoms with Gasteiger partial charge in [-0.15, -0.1) is 0 Å². The Morgan fingerprint density at radius 2 is 1.87 bits per heavy atom. The van der Waals surface area contributed by atoms with Crippen LogP contribution < -0.4 is 5.32 Å². The normalized spacial score (nSPS) is 19.2. The van der Waals surface area contributed by atoms with Crippen LogP contribution in [-0.4, -0.2) is 50.8 Å². The minimum atomic E-state index is 0.654.